The van der Waals surface area contributed by atoms with Gasteiger partial charge in [0.1, 0.15) is 5.82 Å². The molecule has 4 rings (SSSR count). The van der Waals surface area contributed by atoms with Gasteiger partial charge < -0.3 is 14.5 Å². The zero-order valence-electron chi connectivity index (χ0n) is 15.4. The summed E-state index contributed by atoms with van der Waals surface area (Å²) in [7, 11) is 0. The molecule has 0 unspecified atom stereocenters. The number of rotatable bonds is 4. The van der Waals surface area contributed by atoms with Crippen LogP contribution in [0.2, 0.25) is 0 Å². The monoisotopic (exact) mass is 336 g/mol. The Labute approximate surface area is 149 Å². The lowest BCUT2D eigenvalue weighted by molar-refractivity contribution is 0.168. The Morgan fingerprint density at radius 1 is 1.12 bits per heavy atom. The number of aromatic nitrogens is 3. The van der Waals surface area contributed by atoms with Gasteiger partial charge in [-0.05, 0) is 75.9 Å². The van der Waals surface area contributed by atoms with Crippen molar-refractivity contribution in [2.75, 3.05) is 13.1 Å². The number of hydrogen-bond donors (Lipinski definition) is 1. The summed E-state index contributed by atoms with van der Waals surface area (Å²) >= 11 is 0. The van der Waals surface area contributed by atoms with Crippen LogP contribution in [0.5, 0.6) is 0 Å². The molecule has 4 heteroatoms. The van der Waals surface area contributed by atoms with Crippen molar-refractivity contribution in [2.24, 2.45) is 0 Å². The molecule has 1 aromatic carbocycles. The molecule has 4 nitrogen and oxygen atoms in total. The summed E-state index contributed by atoms with van der Waals surface area (Å²) in [5.74, 6) is 1.83. The number of imidazole rings is 1. The summed E-state index contributed by atoms with van der Waals surface area (Å²) in [5, 5.41) is 1.27. The molecule has 0 spiro atoms. The third-order valence-electron chi connectivity index (χ3n) is 5.80. The van der Waals surface area contributed by atoms with Gasteiger partial charge in [-0.3, -0.25) is 0 Å². The largest absolute Gasteiger partial charge is 0.361 e. The Morgan fingerprint density at radius 2 is 1.92 bits per heavy atom. The fraction of sp³-hybridized carbons (Fsp3) is 0.476. The van der Waals surface area contributed by atoms with E-state index in [0.717, 1.165) is 0 Å². The van der Waals surface area contributed by atoms with E-state index in [-0.39, 0.29) is 0 Å². The molecule has 132 valence electrons. The van der Waals surface area contributed by atoms with Crippen molar-refractivity contribution in [2.45, 2.75) is 51.6 Å². The van der Waals surface area contributed by atoms with Crippen LogP contribution in [0.1, 0.15) is 57.0 Å². The van der Waals surface area contributed by atoms with E-state index in [1.54, 1.807) is 0 Å². The molecule has 0 aliphatic carbocycles. The number of fused-ring (bicyclic) bond motifs is 1. The minimum absolute atomic E-state index is 0.305. The van der Waals surface area contributed by atoms with E-state index in [1.165, 1.54) is 48.2 Å². The molecule has 2 aromatic heterocycles. The summed E-state index contributed by atoms with van der Waals surface area (Å²) in [6.45, 7) is 9.22. The van der Waals surface area contributed by atoms with Gasteiger partial charge in [0.05, 0.1) is 6.04 Å². The maximum Gasteiger partial charge on any atom is 0.112 e. The lowest BCUT2D eigenvalue weighted by atomic mass is 9.94. The predicted molar refractivity (Wildman–Crippen MR) is 103 cm³/mol. The Bertz CT molecular complexity index is 836. The fourth-order valence-electron chi connectivity index (χ4n) is 4.13. The number of benzene rings is 1. The molecule has 0 saturated carbocycles. The van der Waals surface area contributed by atoms with Crippen LogP contribution in [0.4, 0.5) is 0 Å². The van der Waals surface area contributed by atoms with Crippen LogP contribution < -0.4 is 0 Å². The molecule has 0 radical (unpaired) electrons. The highest BCUT2D eigenvalue weighted by molar-refractivity contribution is 5.80. The number of nitrogens with one attached hydrogen (secondary N) is 1. The quantitative estimate of drug-likeness (QED) is 0.758. The Hall–Kier alpha value is -2.07. The van der Waals surface area contributed by atoms with Crippen molar-refractivity contribution in [1.82, 2.24) is 19.4 Å². The van der Waals surface area contributed by atoms with Gasteiger partial charge in [0.15, 0.2) is 0 Å². The van der Waals surface area contributed by atoms with Gasteiger partial charge in [0, 0.05) is 36.1 Å². The molecule has 0 amide bonds. The number of H-pyrrole nitrogens is 1. The molecule has 1 saturated heterocycles. The minimum Gasteiger partial charge on any atom is -0.361 e. The summed E-state index contributed by atoms with van der Waals surface area (Å²) in [4.78, 5) is 10.6. The Morgan fingerprint density at radius 3 is 2.68 bits per heavy atom. The first kappa shape index (κ1) is 16.4. The topological polar surface area (TPSA) is 36.9 Å². The fourth-order valence-corrected chi connectivity index (χ4v) is 4.13. The molecular formula is C21H28N4. The van der Waals surface area contributed by atoms with E-state index in [4.69, 9.17) is 4.98 Å². The third-order valence-corrected chi connectivity index (χ3v) is 5.80. The highest BCUT2D eigenvalue weighted by atomic mass is 15.2. The molecule has 25 heavy (non-hydrogen) atoms. The molecular weight excluding hydrogens is 308 g/mol. The van der Waals surface area contributed by atoms with Gasteiger partial charge in [0.25, 0.3) is 0 Å². The van der Waals surface area contributed by atoms with E-state index in [0.29, 0.717) is 18.0 Å². The maximum absolute atomic E-state index is 4.75. The van der Waals surface area contributed by atoms with Crippen LogP contribution in [-0.2, 0) is 0 Å². The lowest BCUT2D eigenvalue weighted by Crippen LogP contribution is -2.38. The maximum atomic E-state index is 4.75. The van der Waals surface area contributed by atoms with E-state index in [9.17, 15) is 0 Å². The molecule has 1 N–H and O–H groups in total. The first-order valence-corrected chi connectivity index (χ1v) is 9.47. The van der Waals surface area contributed by atoms with Gasteiger partial charge in [-0.2, -0.15) is 0 Å². The van der Waals surface area contributed by atoms with Crippen molar-refractivity contribution >= 4 is 10.9 Å². The van der Waals surface area contributed by atoms with Gasteiger partial charge in [-0.1, -0.05) is 6.07 Å². The van der Waals surface area contributed by atoms with Crippen LogP contribution in [0, 0.1) is 0 Å². The lowest BCUT2D eigenvalue weighted by Gasteiger charge is -2.35. The minimum atomic E-state index is 0.305. The SMILES string of the molecule is CC(C)N1CCC(c2nccn2[C@@H](C)c2ccc3[nH]ccc3c2)CC1. The van der Waals surface area contributed by atoms with E-state index in [1.807, 2.05) is 12.4 Å². The van der Waals surface area contributed by atoms with Crippen molar-refractivity contribution in [3.8, 4) is 0 Å². The second kappa shape index (κ2) is 6.68. The number of aromatic amines is 1. The Kier molecular flexibility index (Phi) is 4.38. The zero-order chi connectivity index (χ0) is 17.4. The summed E-state index contributed by atoms with van der Waals surface area (Å²) in [6, 6.07) is 9.80. The average molecular weight is 336 g/mol. The van der Waals surface area contributed by atoms with Gasteiger partial charge in [-0.15, -0.1) is 0 Å². The zero-order valence-corrected chi connectivity index (χ0v) is 15.4. The van der Waals surface area contributed by atoms with Gasteiger partial charge >= 0.3 is 0 Å². The molecule has 1 aliphatic rings. The van der Waals surface area contributed by atoms with Crippen LogP contribution in [0.25, 0.3) is 10.9 Å². The van der Waals surface area contributed by atoms with Crippen molar-refractivity contribution in [1.29, 1.82) is 0 Å². The van der Waals surface area contributed by atoms with Crippen LogP contribution in [0.3, 0.4) is 0 Å². The normalized spacial score (nSPS) is 18.2. The predicted octanol–water partition coefficient (Wildman–Crippen LogP) is 4.56. The first-order valence-electron chi connectivity index (χ1n) is 9.47. The van der Waals surface area contributed by atoms with Crippen LogP contribution in [-0.4, -0.2) is 38.6 Å². The van der Waals surface area contributed by atoms with E-state index in [2.05, 4.69) is 65.7 Å². The van der Waals surface area contributed by atoms with Gasteiger partial charge in [0.2, 0.25) is 0 Å². The Balaban J connectivity index is 1.56. The average Bonchev–Trinajstić information content (AvgIpc) is 3.29. The number of hydrogen-bond acceptors (Lipinski definition) is 2. The number of nitrogens with zero attached hydrogens (tertiary/aromatic N) is 3. The van der Waals surface area contributed by atoms with Crippen LogP contribution >= 0.6 is 0 Å². The van der Waals surface area contributed by atoms with Crippen molar-refractivity contribution in [3.05, 3.63) is 54.2 Å². The highest BCUT2D eigenvalue weighted by Crippen LogP contribution is 2.31. The first-order chi connectivity index (χ1) is 12.1. The highest BCUT2D eigenvalue weighted by Gasteiger charge is 2.26. The molecule has 1 aliphatic heterocycles. The van der Waals surface area contributed by atoms with Crippen molar-refractivity contribution in [3.63, 3.8) is 0 Å². The molecule has 1 fully saturated rings. The van der Waals surface area contributed by atoms with E-state index >= 15 is 0 Å². The second-order valence-corrected chi connectivity index (χ2v) is 7.60. The van der Waals surface area contributed by atoms with Crippen LogP contribution in [0.15, 0.2) is 42.9 Å². The summed E-state index contributed by atoms with van der Waals surface area (Å²) < 4.78 is 2.38. The molecule has 0 bridgehead atoms. The third kappa shape index (κ3) is 3.11. The summed E-state index contributed by atoms with van der Waals surface area (Å²) in [6.07, 6.45) is 8.54. The van der Waals surface area contributed by atoms with Gasteiger partial charge in [-0.25, -0.2) is 4.98 Å². The van der Waals surface area contributed by atoms with E-state index < -0.39 is 0 Å². The number of likely N-dealkylation sites (tertiary alicyclic amines) is 1. The van der Waals surface area contributed by atoms with Crippen molar-refractivity contribution < 1.29 is 0 Å². The summed E-state index contributed by atoms with van der Waals surface area (Å²) in [5.41, 5.74) is 2.54. The molecule has 1 atom stereocenters. The molecule has 3 aromatic rings. The standard InChI is InChI=1S/C21H28N4/c1-15(2)24-11-7-17(8-12-24)21-23-10-13-25(21)16(3)18-4-5-20-19(14-18)6-9-22-20/h4-6,9-10,13-17,22H,7-8,11-12H2,1-3H3/t16-/m0/s1. The second-order valence-electron chi connectivity index (χ2n) is 7.60. The smallest absolute Gasteiger partial charge is 0.112 e. The molecule has 3 heterocycles. The number of piperidine rings is 1.